The molecule has 1 spiro atoms. The average molecular weight is 501 g/mol. The van der Waals surface area contributed by atoms with Crippen LogP contribution in [0.15, 0.2) is 23.3 Å². The molecular weight excluding hydrogens is 469 g/mol. The fraction of sp³-hybridized carbons (Fsp3) is 0.650. The maximum atomic E-state index is 11.7. The fourth-order valence-corrected chi connectivity index (χ4v) is 3.84. The zero-order chi connectivity index (χ0) is 19.3. The van der Waals surface area contributed by atoms with Crippen LogP contribution in [0.3, 0.4) is 0 Å². The molecule has 0 saturated carbocycles. The summed E-state index contributed by atoms with van der Waals surface area (Å²) in [6, 6.07) is 3.90. The number of aromatic nitrogens is 1. The number of pyridine rings is 1. The van der Waals surface area contributed by atoms with Crippen LogP contribution in [0.4, 0.5) is 0 Å². The number of nitrogens with zero attached hydrogens (tertiary/aromatic N) is 3. The maximum absolute atomic E-state index is 11.7. The van der Waals surface area contributed by atoms with Crippen LogP contribution in [0.5, 0.6) is 5.88 Å². The van der Waals surface area contributed by atoms with Gasteiger partial charge in [-0.1, -0.05) is 6.07 Å². The second kappa shape index (κ2) is 10.3. The van der Waals surface area contributed by atoms with E-state index in [1.54, 1.807) is 0 Å². The van der Waals surface area contributed by atoms with Gasteiger partial charge in [-0.25, -0.2) is 9.98 Å². The maximum Gasteiger partial charge on any atom is 0.220 e. The largest absolute Gasteiger partial charge is 0.475 e. The average Bonchev–Trinajstić information content (AvgIpc) is 2.99. The Hall–Kier alpha value is -1.58. The van der Waals surface area contributed by atoms with E-state index in [9.17, 15) is 4.79 Å². The fourth-order valence-electron chi connectivity index (χ4n) is 3.84. The van der Waals surface area contributed by atoms with Crippen molar-refractivity contribution in [3.05, 3.63) is 23.9 Å². The third-order valence-electron chi connectivity index (χ3n) is 5.06. The van der Waals surface area contributed by atoms with Gasteiger partial charge >= 0.3 is 0 Å². The molecule has 156 valence electrons. The summed E-state index contributed by atoms with van der Waals surface area (Å²) < 4.78 is 5.59. The van der Waals surface area contributed by atoms with Crippen molar-refractivity contribution < 1.29 is 9.53 Å². The summed E-state index contributed by atoms with van der Waals surface area (Å²) in [5, 5.41) is 6.41. The van der Waals surface area contributed by atoms with E-state index < -0.39 is 0 Å². The minimum Gasteiger partial charge on any atom is -0.475 e. The van der Waals surface area contributed by atoms with Gasteiger partial charge in [-0.2, -0.15) is 0 Å². The molecule has 1 aromatic heterocycles. The molecule has 8 heteroatoms. The summed E-state index contributed by atoms with van der Waals surface area (Å²) in [6.45, 7) is 10.1. The first-order valence-electron chi connectivity index (χ1n) is 9.91. The molecule has 3 heterocycles. The van der Waals surface area contributed by atoms with Gasteiger partial charge in [-0.3, -0.25) is 4.79 Å². The van der Waals surface area contributed by atoms with Gasteiger partial charge in [0, 0.05) is 50.3 Å². The van der Waals surface area contributed by atoms with E-state index in [0.29, 0.717) is 18.8 Å². The van der Waals surface area contributed by atoms with Crippen molar-refractivity contribution in [2.45, 2.75) is 52.7 Å². The van der Waals surface area contributed by atoms with Gasteiger partial charge in [0.05, 0.1) is 12.6 Å². The molecule has 1 unspecified atom stereocenters. The van der Waals surface area contributed by atoms with Crippen molar-refractivity contribution in [3.8, 4) is 5.88 Å². The van der Waals surface area contributed by atoms with Crippen LogP contribution in [-0.2, 0) is 11.3 Å². The van der Waals surface area contributed by atoms with Crippen molar-refractivity contribution in [3.63, 3.8) is 0 Å². The van der Waals surface area contributed by atoms with E-state index in [0.717, 1.165) is 50.5 Å². The van der Waals surface area contributed by atoms with E-state index in [1.807, 2.05) is 32.2 Å². The van der Waals surface area contributed by atoms with Crippen molar-refractivity contribution in [2.24, 2.45) is 10.4 Å². The first kappa shape index (κ1) is 22.7. The molecule has 1 amide bonds. The number of likely N-dealkylation sites (tertiary alicyclic amines) is 1. The van der Waals surface area contributed by atoms with Crippen LogP contribution in [-0.4, -0.2) is 54.0 Å². The minimum atomic E-state index is 0. The van der Waals surface area contributed by atoms with E-state index in [2.05, 4.69) is 27.4 Å². The third kappa shape index (κ3) is 5.96. The molecule has 1 aromatic rings. The van der Waals surface area contributed by atoms with Crippen LogP contribution in [0.1, 0.15) is 45.6 Å². The predicted octanol–water partition coefficient (Wildman–Crippen LogP) is 2.55. The topological polar surface area (TPSA) is 78.9 Å². The van der Waals surface area contributed by atoms with Crippen LogP contribution < -0.4 is 15.4 Å². The zero-order valence-corrected chi connectivity index (χ0v) is 19.4. The molecule has 0 aliphatic carbocycles. The normalized spacial score (nSPS) is 22.2. The zero-order valence-electron chi connectivity index (χ0n) is 17.0. The Bertz CT molecular complexity index is 680. The van der Waals surface area contributed by atoms with Crippen molar-refractivity contribution in [2.75, 3.05) is 26.2 Å². The molecule has 0 radical (unpaired) electrons. The van der Waals surface area contributed by atoms with Crippen molar-refractivity contribution >= 4 is 35.8 Å². The smallest absolute Gasteiger partial charge is 0.220 e. The van der Waals surface area contributed by atoms with Crippen LogP contribution in [0.25, 0.3) is 0 Å². The number of carbonyl (C=O) groups excluding carboxylic acids is 1. The molecule has 0 bridgehead atoms. The molecule has 28 heavy (non-hydrogen) atoms. The highest BCUT2D eigenvalue weighted by molar-refractivity contribution is 14.0. The van der Waals surface area contributed by atoms with Gasteiger partial charge in [-0.15, -0.1) is 24.0 Å². The molecule has 0 aromatic carbocycles. The van der Waals surface area contributed by atoms with E-state index in [4.69, 9.17) is 9.73 Å². The van der Waals surface area contributed by atoms with Gasteiger partial charge < -0.3 is 20.3 Å². The minimum absolute atomic E-state index is 0. The van der Waals surface area contributed by atoms with Gasteiger partial charge in [0.15, 0.2) is 5.96 Å². The summed E-state index contributed by atoms with van der Waals surface area (Å²) in [7, 11) is 0. The Morgan fingerprint density at radius 2 is 2.29 bits per heavy atom. The number of ether oxygens (including phenoxy) is 1. The number of piperidine rings is 1. The first-order valence-corrected chi connectivity index (χ1v) is 9.91. The lowest BCUT2D eigenvalue weighted by Crippen LogP contribution is -2.51. The highest BCUT2D eigenvalue weighted by Gasteiger charge is 2.42. The molecule has 2 saturated heterocycles. The van der Waals surface area contributed by atoms with Crippen LogP contribution >= 0.6 is 24.0 Å². The Kier molecular flexibility index (Phi) is 8.33. The van der Waals surface area contributed by atoms with E-state index in [-0.39, 0.29) is 41.4 Å². The number of amides is 1. The van der Waals surface area contributed by atoms with Crippen LogP contribution in [0, 0.1) is 5.41 Å². The monoisotopic (exact) mass is 501 g/mol. The Labute approximate surface area is 184 Å². The second-order valence-corrected chi connectivity index (χ2v) is 7.82. The lowest BCUT2D eigenvalue weighted by molar-refractivity contribution is -0.119. The molecule has 2 fully saturated rings. The molecule has 2 aliphatic rings. The van der Waals surface area contributed by atoms with Crippen LogP contribution in [0.2, 0.25) is 0 Å². The number of rotatable bonds is 5. The van der Waals surface area contributed by atoms with Gasteiger partial charge in [0.1, 0.15) is 0 Å². The highest BCUT2D eigenvalue weighted by Crippen LogP contribution is 2.36. The van der Waals surface area contributed by atoms with Gasteiger partial charge in [-0.05, 0) is 39.2 Å². The summed E-state index contributed by atoms with van der Waals surface area (Å²) in [5.41, 5.74) is 1.11. The van der Waals surface area contributed by atoms with Gasteiger partial charge in [0.25, 0.3) is 0 Å². The standard InChI is InChI=1S/C20H31N5O2.HI/c1-4-21-19(23-12-16-6-7-18(22-11-16)27-15(2)3)25-9-5-8-20(14-25)10-17(26)24-13-20;/h6-7,11,15H,4-5,8-10,12-14H2,1-3H3,(H,21,23)(H,24,26);1H. The Morgan fingerprint density at radius 1 is 1.46 bits per heavy atom. The highest BCUT2D eigenvalue weighted by atomic mass is 127. The lowest BCUT2D eigenvalue weighted by atomic mass is 9.79. The number of hydrogen-bond acceptors (Lipinski definition) is 4. The van der Waals surface area contributed by atoms with Crippen molar-refractivity contribution in [1.29, 1.82) is 0 Å². The summed E-state index contributed by atoms with van der Waals surface area (Å²) in [5.74, 6) is 1.73. The second-order valence-electron chi connectivity index (χ2n) is 7.82. The SMILES string of the molecule is CCNC(=NCc1ccc(OC(C)C)nc1)N1CCCC2(CNC(=O)C2)C1.I. The third-order valence-corrected chi connectivity index (χ3v) is 5.06. The molecule has 2 N–H and O–H groups in total. The summed E-state index contributed by atoms with van der Waals surface area (Å²) in [6.07, 6.45) is 4.75. The molecule has 2 aliphatic heterocycles. The Balaban J connectivity index is 0.00000280. The van der Waals surface area contributed by atoms with E-state index in [1.165, 1.54) is 0 Å². The quantitative estimate of drug-likeness (QED) is 0.369. The molecule has 3 rings (SSSR count). The summed E-state index contributed by atoms with van der Waals surface area (Å²) in [4.78, 5) is 23.2. The summed E-state index contributed by atoms with van der Waals surface area (Å²) >= 11 is 0. The number of aliphatic imine (C=N–C) groups is 1. The lowest BCUT2D eigenvalue weighted by Gasteiger charge is -2.40. The van der Waals surface area contributed by atoms with Crippen molar-refractivity contribution in [1.82, 2.24) is 20.5 Å². The van der Waals surface area contributed by atoms with E-state index >= 15 is 0 Å². The molecule has 7 nitrogen and oxygen atoms in total. The number of guanidine groups is 1. The number of nitrogens with one attached hydrogen (secondary N) is 2. The predicted molar refractivity (Wildman–Crippen MR) is 121 cm³/mol. The first-order chi connectivity index (χ1) is 13.0. The number of carbonyl (C=O) groups is 1. The molecule has 1 atom stereocenters. The number of hydrogen-bond donors (Lipinski definition) is 2. The number of halogens is 1. The Morgan fingerprint density at radius 3 is 2.89 bits per heavy atom. The molecular formula is C20H32IN5O2. The van der Waals surface area contributed by atoms with Gasteiger partial charge in [0.2, 0.25) is 11.8 Å².